The molecule has 2 aliphatic rings. The standard InChI is InChI=1S/C15H11.3C5H5.3Fe/c1-2-7-12(6-1)14-10-5-11-15(14)13-8-3-4-9-13;3*1-2-4-5-3-1;;;/h1-11H;3*1-5H;;;/q-3;3*-1;3*+2. The van der Waals surface area contributed by atoms with Crippen LogP contribution in [-0.4, -0.2) is 0 Å². The monoisotopic (exact) mass is 554 g/mol. The second kappa shape index (κ2) is 19.2. The van der Waals surface area contributed by atoms with Gasteiger partial charge < -0.3 is 11.6 Å². The van der Waals surface area contributed by atoms with Crippen LogP contribution in [0.2, 0.25) is 0 Å². The first-order chi connectivity index (χ1) is 14.9. The summed E-state index contributed by atoms with van der Waals surface area (Å²) in [5.41, 5.74) is 3.93. The Bertz CT molecular complexity index is 867. The molecular formula is C30H26Fe3. The molecule has 0 nitrogen and oxygen atoms in total. The first-order valence-electron chi connectivity index (χ1n) is 10.1. The molecular weight excluding hydrogens is 528 g/mol. The van der Waals surface area contributed by atoms with E-state index in [1.807, 2.05) is 91.0 Å². The van der Waals surface area contributed by atoms with E-state index in [1.54, 1.807) is 0 Å². The molecule has 0 amide bonds. The Hall–Kier alpha value is -2.34. The normalized spacial score (nSPS) is 11.8. The van der Waals surface area contributed by atoms with E-state index in [4.69, 9.17) is 0 Å². The smallest absolute Gasteiger partial charge is 0.304 e. The maximum atomic E-state index is 2.18. The molecule has 2 aliphatic carbocycles. The SMILES string of the molecule is C1=CC(=C2[CH-]C=C[C-]2c2ccc[cH-]2)C=C1.[Fe+2].[Fe+2].[Fe+2].c1cc[cH-]c1.c1cc[cH-]c1.c1cc[cH-]c1. The van der Waals surface area contributed by atoms with Crippen molar-refractivity contribution in [1.82, 2.24) is 0 Å². The zero-order chi connectivity index (χ0) is 20.7. The fourth-order valence-corrected chi connectivity index (χ4v) is 2.99. The van der Waals surface area contributed by atoms with Crippen LogP contribution in [0.1, 0.15) is 5.56 Å². The van der Waals surface area contributed by atoms with Gasteiger partial charge in [0, 0.05) is 0 Å². The van der Waals surface area contributed by atoms with Crippen LogP contribution in [0.25, 0.3) is 0 Å². The van der Waals surface area contributed by atoms with Crippen LogP contribution in [-0.2, 0) is 51.2 Å². The summed E-state index contributed by atoms with van der Waals surface area (Å²) in [4.78, 5) is 0. The molecule has 0 saturated heterocycles. The average Bonchev–Trinajstić information content (AvgIpc) is 3.68. The molecule has 0 aliphatic heterocycles. The molecule has 0 atom stereocenters. The van der Waals surface area contributed by atoms with E-state index in [2.05, 4.69) is 67.1 Å². The fourth-order valence-electron chi connectivity index (χ4n) is 2.99. The summed E-state index contributed by atoms with van der Waals surface area (Å²) in [6.45, 7) is 0. The largest absolute Gasteiger partial charge is 2.00 e. The van der Waals surface area contributed by atoms with Crippen LogP contribution >= 0.6 is 0 Å². The summed E-state index contributed by atoms with van der Waals surface area (Å²) in [7, 11) is 0. The molecule has 0 fully saturated rings. The van der Waals surface area contributed by atoms with E-state index in [9.17, 15) is 0 Å². The van der Waals surface area contributed by atoms with E-state index in [-0.39, 0.29) is 51.2 Å². The summed E-state index contributed by atoms with van der Waals surface area (Å²) in [6.07, 6.45) is 14.9. The van der Waals surface area contributed by atoms with Gasteiger partial charge in [0.1, 0.15) is 0 Å². The molecule has 4 aromatic carbocycles. The molecule has 0 saturated carbocycles. The van der Waals surface area contributed by atoms with Gasteiger partial charge in [-0.2, -0.15) is 60.2 Å². The number of hydrogen-bond acceptors (Lipinski definition) is 0. The van der Waals surface area contributed by atoms with Crippen molar-refractivity contribution < 1.29 is 51.2 Å². The van der Waals surface area contributed by atoms with Gasteiger partial charge in [-0.05, 0) is 0 Å². The molecule has 3 heteroatoms. The second-order valence-electron chi connectivity index (χ2n) is 6.59. The number of hydrogen-bond donors (Lipinski definition) is 0. The van der Waals surface area contributed by atoms with Gasteiger partial charge in [-0.1, -0.05) is 12.2 Å². The van der Waals surface area contributed by atoms with Gasteiger partial charge in [0.15, 0.2) is 0 Å². The molecule has 0 unspecified atom stereocenters. The number of rotatable bonds is 1. The van der Waals surface area contributed by atoms with Crippen LogP contribution < -0.4 is 0 Å². The van der Waals surface area contributed by atoms with Crippen molar-refractivity contribution in [2.24, 2.45) is 0 Å². The van der Waals surface area contributed by atoms with Crippen molar-refractivity contribution in [1.29, 1.82) is 0 Å². The van der Waals surface area contributed by atoms with Gasteiger partial charge in [0.25, 0.3) is 0 Å². The molecule has 0 heterocycles. The summed E-state index contributed by atoms with van der Waals surface area (Å²) in [5.74, 6) is 1.33. The van der Waals surface area contributed by atoms with Gasteiger partial charge in [0.2, 0.25) is 0 Å². The minimum atomic E-state index is 0. The Morgan fingerprint density at radius 2 is 1.06 bits per heavy atom. The van der Waals surface area contributed by atoms with Gasteiger partial charge in [-0.15, -0.1) is 12.2 Å². The summed E-state index contributed by atoms with van der Waals surface area (Å²) < 4.78 is 0. The first-order valence-corrected chi connectivity index (χ1v) is 10.1. The van der Waals surface area contributed by atoms with E-state index < -0.39 is 0 Å². The van der Waals surface area contributed by atoms with E-state index in [1.165, 1.54) is 22.6 Å². The molecule has 0 radical (unpaired) electrons. The fraction of sp³-hybridized carbons (Fsp3) is 0. The maximum Gasteiger partial charge on any atom is 2.00 e. The Kier molecular flexibility index (Phi) is 17.8. The van der Waals surface area contributed by atoms with Crippen molar-refractivity contribution >= 4 is 0 Å². The molecule has 33 heavy (non-hydrogen) atoms. The van der Waals surface area contributed by atoms with Crippen molar-refractivity contribution in [3.63, 3.8) is 0 Å². The van der Waals surface area contributed by atoms with Gasteiger partial charge in [0.05, 0.1) is 0 Å². The van der Waals surface area contributed by atoms with Crippen LogP contribution in [0.3, 0.4) is 0 Å². The first kappa shape index (κ1) is 30.7. The van der Waals surface area contributed by atoms with Crippen LogP contribution in [0, 0.1) is 12.3 Å². The third-order valence-electron chi connectivity index (χ3n) is 4.43. The molecule has 170 valence electrons. The average molecular weight is 554 g/mol. The Balaban J connectivity index is 0.000000474. The molecule has 6 rings (SSSR count). The van der Waals surface area contributed by atoms with Crippen LogP contribution in [0.5, 0.6) is 0 Å². The zero-order valence-electron chi connectivity index (χ0n) is 18.1. The molecule has 0 aromatic heterocycles. The van der Waals surface area contributed by atoms with Crippen molar-refractivity contribution in [3.05, 3.63) is 181 Å². The van der Waals surface area contributed by atoms with Crippen molar-refractivity contribution in [2.75, 3.05) is 0 Å². The van der Waals surface area contributed by atoms with E-state index >= 15 is 0 Å². The van der Waals surface area contributed by atoms with E-state index in [0.717, 1.165) is 0 Å². The zero-order valence-corrected chi connectivity index (χ0v) is 21.4. The predicted molar refractivity (Wildman–Crippen MR) is 129 cm³/mol. The van der Waals surface area contributed by atoms with Crippen molar-refractivity contribution in [2.45, 2.75) is 0 Å². The van der Waals surface area contributed by atoms with Crippen LogP contribution in [0.4, 0.5) is 0 Å². The predicted octanol–water partition coefficient (Wildman–Crippen LogP) is 7.73. The third kappa shape index (κ3) is 11.4. The second-order valence-corrected chi connectivity index (χ2v) is 6.59. The van der Waals surface area contributed by atoms with Gasteiger partial charge in [-0.3, -0.25) is 23.6 Å². The Morgan fingerprint density at radius 1 is 0.576 bits per heavy atom. The minimum absolute atomic E-state index is 0. The molecule has 4 aromatic rings. The summed E-state index contributed by atoms with van der Waals surface area (Å²) in [6, 6.07) is 38.5. The third-order valence-corrected chi connectivity index (χ3v) is 4.43. The topological polar surface area (TPSA) is 0 Å². The minimum Gasteiger partial charge on any atom is -0.304 e. The van der Waals surface area contributed by atoms with Gasteiger partial charge >= 0.3 is 51.2 Å². The van der Waals surface area contributed by atoms with E-state index in [0.29, 0.717) is 0 Å². The van der Waals surface area contributed by atoms with Crippen molar-refractivity contribution in [3.8, 4) is 0 Å². The summed E-state index contributed by atoms with van der Waals surface area (Å²) in [5, 5.41) is 0. The molecule has 0 N–H and O–H groups in total. The van der Waals surface area contributed by atoms with Gasteiger partial charge in [-0.25, -0.2) is 61.0 Å². The Labute approximate surface area is 230 Å². The Morgan fingerprint density at radius 3 is 1.42 bits per heavy atom. The maximum absolute atomic E-state index is 2.18. The molecule has 0 spiro atoms. The molecule has 0 bridgehead atoms. The summed E-state index contributed by atoms with van der Waals surface area (Å²) >= 11 is 0. The number of allylic oxidation sites excluding steroid dienone is 8. The quantitative estimate of drug-likeness (QED) is 0.167. The van der Waals surface area contributed by atoms with Crippen LogP contribution in [0.15, 0.2) is 163 Å².